The van der Waals surface area contributed by atoms with Gasteiger partial charge in [-0.2, -0.15) is 5.10 Å². The second-order valence-electron chi connectivity index (χ2n) is 7.13. The average molecular weight is 384 g/mol. The molecule has 0 aliphatic carbocycles. The van der Waals surface area contributed by atoms with E-state index in [-0.39, 0.29) is 23.6 Å². The molecule has 28 heavy (non-hydrogen) atoms. The van der Waals surface area contributed by atoms with Gasteiger partial charge in [-0.05, 0) is 37.7 Å². The number of carbonyl (C=O) groups is 2. The van der Waals surface area contributed by atoms with E-state index < -0.39 is 0 Å². The van der Waals surface area contributed by atoms with Crippen molar-refractivity contribution in [2.75, 3.05) is 26.8 Å². The molecule has 150 valence electrons. The van der Waals surface area contributed by atoms with Gasteiger partial charge in [0.05, 0.1) is 6.04 Å². The first-order valence-corrected chi connectivity index (χ1v) is 9.82. The minimum absolute atomic E-state index is 0.171. The summed E-state index contributed by atoms with van der Waals surface area (Å²) in [5.41, 5.74) is 1.65. The molecule has 2 heterocycles. The van der Waals surface area contributed by atoms with Gasteiger partial charge in [0.25, 0.3) is 11.8 Å². The lowest BCUT2D eigenvalue weighted by Crippen LogP contribution is -2.30. The van der Waals surface area contributed by atoms with Crippen molar-refractivity contribution in [1.82, 2.24) is 20.4 Å². The van der Waals surface area contributed by atoms with Crippen LogP contribution in [-0.2, 0) is 4.74 Å². The van der Waals surface area contributed by atoms with E-state index in [9.17, 15) is 9.59 Å². The standard InChI is InChI=1S/C21H28N4O3/c1-15(17-6-4-3-5-7-17)25-19(14-18(24-25)20(26)22-2)21(27)23-11-8-16-9-12-28-13-10-16/h3-7,14-16H,8-13H2,1-2H3,(H,22,26)(H,23,27). The first kappa shape index (κ1) is 20.1. The number of benzene rings is 1. The van der Waals surface area contributed by atoms with Crippen LogP contribution in [0.25, 0.3) is 0 Å². The fourth-order valence-corrected chi connectivity index (χ4v) is 3.49. The Morgan fingerprint density at radius 3 is 2.61 bits per heavy atom. The van der Waals surface area contributed by atoms with Crippen molar-refractivity contribution in [3.8, 4) is 0 Å². The quantitative estimate of drug-likeness (QED) is 0.768. The van der Waals surface area contributed by atoms with Crippen LogP contribution >= 0.6 is 0 Å². The molecule has 1 atom stereocenters. The molecule has 1 fully saturated rings. The Labute approximate surface area is 165 Å². The van der Waals surface area contributed by atoms with Gasteiger partial charge in [0.15, 0.2) is 5.69 Å². The van der Waals surface area contributed by atoms with Gasteiger partial charge in [-0.15, -0.1) is 0 Å². The lowest BCUT2D eigenvalue weighted by Gasteiger charge is -2.22. The van der Waals surface area contributed by atoms with Crippen molar-refractivity contribution >= 4 is 11.8 Å². The van der Waals surface area contributed by atoms with Crippen molar-refractivity contribution in [3.05, 3.63) is 53.3 Å². The number of rotatable bonds is 7. The van der Waals surface area contributed by atoms with E-state index in [4.69, 9.17) is 4.74 Å². The Morgan fingerprint density at radius 1 is 1.21 bits per heavy atom. The molecule has 0 saturated carbocycles. The summed E-state index contributed by atoms with van der Waals surface area (Å²) in [6.45, 7) is 4.17. The third-order valence-electron chi connectivity index (χ3n) is 5.26. The van der Waals surface area contributed by atoms with Crippen LogP contribution in [0.15, 0.2) is 36.4 Å². The normalized spacial score (nSPS) is 15.8. The van der Waals surface area contributed by atoms with Gasteiger partial charge in [0.1, 0.15) is 5.69 Å². The fourth-order valence-electron chi connectivity index (χ4n) is 3.49. The van der Waals surface area contributed by atoms with E-state index in [1.165, 1.54) is 0 Å². The fraction of sp³-hybridized carbons (Fsp3) is 0.476. The van der Waals surface area contributed by atoms with Crippen LogP contribution in [0, 0.1) is 5.92 Å². The Bertz CT molecular complexity index is 797. The molecule has 1 aromatic carbocycles. The van der Waals surface area contributed by atoms with Crippen LogP contribution < -0.4 is 10.6 Å². The van der Waals surface area contributed by atoms with Crippen molar-refractivity contribution in [1.29, 1.82) is 0 Å². The zero-order chi connectivity index (χ0) is 19.9. The maximum atomic E-state index is 12.8. The van der Waals surface area contributed by atoms with E-state index in [1.807, 2.05) is 37.3 Å². The number of amides is 2. The number of hydrogen-bond donors (Lipinski definition) is 2. The monoisotopic (exact) mass is 384 g/mol. The van der Waals surface area contributed by atoms with Crippen molar-refractivity contribution in [2.45, 2.75) is 32.2 Å². The first-order valence-electron chi connectivity index (χ1n) is 9.82. The number of nitrogens with one attached hydrogen (secondary N) is 2. The average Bonchev–Trinajstić information content (AvgIpc) is 3.19. The molecule has 2 aromatic rings. The van der Waals surface area contributed by atoms with Gasteiger partial charge < -0.3 is 15.4 Å². The zero-order valence-electron chi connectivity index (χ0n) is 16.5. The molecule has 0 bridgehead atoms. The van der Waals surface area contributed by atoms with Crippen LogP contribution in [0.2, 0.25) is 0 Å². The summed E-state index contributed by atoms with van der Waals surface area (Å²) in [6.07, 6.45) is 3.01. The third kappa shape index (κ3) is 4.78. The maximum Gasteiger partial charge on any atom is 0.271 e. The SMILES string of the molecule is CNC(=O)c1cc(C(=O)NCCC2CCOCC2)n(C(C)c2ccccc2)n1. The number of nitrogens with zero attached hydrogens (tertiary/aromatic N) is 2. The summed E-state index contributed by atoms with van der Waals surface area (Å²) in [4.78, 5) is 24.9. The molecule has 3 rings (SSSR count). The number of aromatic nitrogens is 2. The topological polar surface area (TPSA) is 85.3 Å². The van der Waals surface area contributed by atoms with Crippen LogP contribution in [0.1, 0.15) is 58.8 Å². The first-order chi connectivity index (χ1) is 13.6. The van der Waals surface area contributed by atoms with Gasteiger partial charge in [-0.25, -0.2) is 0 Å². The second-order valence-corrected chi connectivity index (χ2v) is 7.13. The van der Waals surface area contributed by atoms with Crippen molar-refractivity contribution in [2.24, 2.45) is 5.92 Å². The minimum Gasteiger partial charge on any atom is -0.381 e. The highest BCUT2D eigenvalue weighted by Gasteiger charge is 2.23. The Hall–Kier alpha value is -2.67. The summed E-state index contributed by atoms with van der Waals surface area (Å²) in [7, 11) is 1.55. The van der Waals surface area contributed by atoms with Crippen molar-refractivity contribution < 1.29 is 14.3 Å². The maximum absolute atomic E-state index is 12.8. The molecule has 7 heteroatoms. The van der Waals surface area contributed by atoms with Crippen LogP contribution in [-0.4, -0.2) is 48.4 Å². The second kappa shape index (κ2) is 9.50. The largest absolute Gasteiger partial charge is 0.381 e. The predicted molar refractivity (Wildman–Crippen MR) is 106 cm³/mol. The zero-order valence-corrected chi connectivity index (χ0v) is 16.5. The molecule has 1 aliphatic rings. The van der Waals surface area contributed by atoms with Gasteiger partial charge in [-0.3, -0.25) is 14.3 Å². The molecule has 1 saturated heterocycles. The van der Waals surface area contributed by atoms with Crippen LogP contribution in [0.5, 0.6) is 0 Å². The predicted octanol–water partition coefficient (Wildman–Crippen LogP) is 2.40. The number of hydrogen-bond acceptors (Lipinski definition) is 4. The number of carbonyl (C=O) groups excluding carboxylic acids is 2. The summed E-state index contributed by atoms with van der Waals surface area (Å²) in [6, 6.07) is 11.2. The smallest absolute Gasteiger partial charge is 0.271 e. The van der Waals surface area contributed by atoms with Crippen LogP contribution in [0.3, 0.4) is 0 Å². The molecule has 1 aromatic heterocycles. The van der Waals surface area contributed by atoms with Crippen molar-refractivity contribution in [3.63, 3.8) is 0 Å². The lowest BCUT2D eigenvalue weighted by atomic mass is 9.97. The highest BCUT2D eigenvalue weighted by molar-refractivity contribution is 5.97. The van der Waals surface area contributed by atoms with E-state index >= 15 is 0 Å². The molecular formula is C21H28N4O3. The Kier molecular flexibility index (Phi) is 6.81. The Balaban J connectivity index is 1.74. The molecule has 1 aliphatic heterocycles. The highest BCUT2D eigenvalue weighted by Crippen LogP contribution is 2.21. The Morgan fingerprint density at radius 2 is 1.93 bits per heavy atom. The number of ether oxygens (including phenoxy) is 1. The molecule has 2 amide bonds. The van der Waals surface area contributed by atoms with Gasteiger partial charge >= 0.3 is 0 Å². The van der Waals surface area contributed by atoms with Gasteiger partial charge in [0.2, 0.25) is 0 Å². The summed E-state index contributed by atoms with van der Waals surface area (Å²) >= 11 is 0. The van der Waals surface area contributed by atoms with E-state index in [1.54, 1.807) is 17.8 Å². The van der Waals surface area contributed by atoms with Gasteiger partial charge in [-0.1, -0.05) is 30.3 Å². The van der Waals surface area contributed by atoms with Gasteiger partial charge in [0, 0.05) is 32.9 Å². The summed E-state index contributed by atoms with van der Waals surface area (Å²) < 4.78 is 7.01. The molecule has 0 spiro atoms. The van der Waals surface area contributed by atoms with Crippen LogP contribution in [0.4, 0.5) is 0 Å². The van der Waals surface area contributed by atoms with E-state index in [0.717, 1.165) is 38.0 Å². The highest BCUT2D eigenvalue weighted by atomic mass is 16.5. The van der Waals surface area contributed by atoms with E-state index in [0.29, 0.717) is 18.2 Å². The summed E-state index contributed by atoms with van der Waals surface area (Å²) in [5, 5.41) is 9.96. The lowest BCUT2D eigenvalue weighted by molar-refractivity contribution is 0.0635. The molecule has 7 nitrogen and oxygen atoms in total. The molecule has 1 unspecified atom stereocenters. The minimum atomic E-state index is -0.310. The molecule has 0 radical (unpaired) electrons. The molecular weight excluding hydrogens is 356 g/mol. The molecule has 2 N–H and O–H groups in total. The van der Waals surface area contributed by atoms with E-state index in [2.05, 4.69) is 15.7 Å². The summed E-state index contributed by atoms with van der Waals surface area (Å²) in [5.74, 6) is 0.0661. The third-order valence-corrected chi connectivity index (χ3v) is 5.26.